The predicted octanol–water partition coefficient (Wildman–Crippen LogP) is 4.24. The van der Waals surface area contributed by atoms with Gasteiger partial charge >= 0.3 is 11.7 Å². The zero-order chi connectivity index (χ0) is 23.0. The van der Waals surface area contributed by atoms with E-state index in [2.05, 4.69) is 4.98 Å². The molecule has 0 radical (unpaired) electrons. The van der Waals surface area contributed by atoms with E-state index in [1.54, 1.807) is 13.2 Å². The Hall–Kier alpha value is -3.56. The number of aromatic nitrogens is 2. The van der Waals surface area contributed by atoms with E-state index >= 15 is 0 Å². The van der Waals surface area contributed by atoms with Crippen LogP contribution in [0.2, 0.25) is 5.02 Å². The van der Waals surface area contributed by atoms with E-state index in [4.69, 9.17) is 21.1 Å². The molecule has 8 nitrogen and oxygen atoms in total. The fourth-order valence-electron chi connectivity index (χ4n) is 3.32. The van der Waals surface area contributed by atoms with Crippen LogP contribution in [0.4, 0.5) is 0 Å². The summed E-state index contributed by atoms with van der Waals surface area (Å²) in [5, 5.41) is 10.8. The van der Waals surface area contributed by atoms with Gasteiger partial charge in [0.1, 0.15) is 22.5 Å². The van der Waals surface area contributed by atoms with Gasteiger partial charge in [0.15, 0.2) is 0 Å². The van der Waals surface area contributed by atoms with Crippen LogP contribution in [-0.4, -0.2) is 27.7 Å². The Bertz CT molecular complexity index is 1460. The summed E-state index contributed by atoms with van der Waals surface area (Å²) in [4.78, 5) is 39.6. The molecule has 2 aromatic heterocycles. The molecule has 4 aromatic rings. The van der Waals surface area contributed by atoms with E-state index in [1.165, 1.54) is 17.5 Å². The summed E-state index contributed by atoms with van der Waals surface area (Å²) in [6, 6.07) is 12.0. The van der Waals surface area contributed by atoms with Crippen molar-refractivity contribution >= 4 is 39.8 Å². The number of benzene rings is 2. The van der Waals surface area contributed by atoms with Gasteiger partial charge in [0.05, 0.1) is 28.7 Å². The number of aromatic amines is 1. The van der Waals surface area contributed by atoms with Crippen LogP contribution in [0.1, 0.15) is 28.3 Å². The maximum Gasteiger partial charge on any atom is 0.346 e. The number of methoxy groups -OCH3 is 1. The van der Waals surface area contributed by atoms with Gasteiger partial charge in [-0.05, 0) is 36.8 Å². The Morgan fingerprint density at radius 3 is 2.69 bits per heavy atom. The lowest BCUT2D eigenvalue weighted by Crippen LogP contribution is -2.34. The number of carboxylic acid groups (broad SMARTS) is 1. The first-order valence-corrected chi connectivity index (χ1v) is 10.7. The highest BCUT2D eigenvalue weighted by atomic mass is 35.5. The standard InChI is InChI=1S/C22H17ClN2O6S/c1-11(12-4-3-5-13(8-12)30-2)31-14-6-7-15(23)17(9-14)25-20(26)18-16(24-22(25)29)10-32-19(18)21(27)28/h3-11H,1-2H3,(H,24,29)(H,27,28). The van der Waals surface area contributed by atoms with Gasteiger partial charge in [0, 0.05) is 11.4 Å². The molecule has 0 spiro atoms. The summed E-state index contributed by atoms with van der Waals surface area (Å²) in [5.41, 5.74) is -0.410. The topological polar surface area (TPSA) is 111 Å². The number of hydrogen-bond acceptors (Lipinski definition) is 6. The number of hydrogen-bond donors (Lipinski definition) is 2. The van der Waals surface area contributed by atoms with Crippen LogP contribution in [0.5, 0.6) is 11.5 Å². The molecule has 0 saturated heterocycles. The molecule has 0 aliphatic heterocycles. The second-order valence-electron chi connectivity index (χ2n) is 6.88. The van der Waals surface area contributed by atoms with Crippen molar-refractivity contribution in [2.24, 2.45) is 0 Å². The molecule has 1 unspecified atom stereocenters. The van der Waals surface area contributed by atoms with Gasteiger partial charge in [-0.15, -0.1) is 11.3 Å². The SMILES string of the molecule is COc1cccc(C(C)Oc2ccc(Cl)c(-n3c(=O)[nH]c4csc(C(=O)O)c4c3=O)c2)c1. The van der Waals surface area contributed by atoms with Crippen molar-refractivity contribution in [1.29, 1.82) is 0 Å². The molecule has 164 valence electrons. The number of aromatic carboxylic acids is 1. The highest BCUT2D eigenvalue weighted by molar-refractivity contribution is 7.13. The zero-order valence-electron chi connectivity index (χ0n) is 16.9. The predicted molar refractivity (Wildman–Crippen MR) is 122 cm³/mol. The van der Waals surface area contributed by atoms with Crippen LogP contribution < -0.4 is 20.7 Å². The van der Waals surface area contributed by atoms with Crippen LogP contribution >= 0.6 is 22.9 Å². The van der Waals surface area contributed by atoms with Crippen LogP contribution in [0.15, 0.2) is 57.4 Å². The molecule has 0 aliphatic carbocycles. The third-order valence-electron chi connectivity index (χ3n) is 4.88. The highest BCUT2D eigenvalue weighted by Gasteiger charge is 2.20. The van der Waals surface area contributed by atoms with Gasteiger partial charge < -0.3 is 19.6 Å². The molecule has 0 saturated carbocycles. The van der Waals surface area contributed by atoms with Crippen molar-refractivity contribution < 1.29 is 19.4 Å². The first-order valence-electron chi connectivity index (χ1n) is 9.40. The van der Waals surface area contributed by atoms with Crippen LogP contribution in [0.3, 0.4) is 0 Å². The molecule has 0 bridgehead atoms. The lowest BCUT2D eigenvalue weighted by molar-refractivity contribution is 0.0704. The van der Waals surface area contributed by atoms with Crippen molar-refractivity contribution in [3.8, 4) is 17.2 Å². The quantitative estimate of drug-likeness (QED) is 0.434. The molecule has 10 heteroatoms. The molecule has 2 aromatic carbocycles. The van der Waals surface area contributed by atoms with E-state index < -0.39 is 17.2 Å². The number of thiophene rings is 1. The van der Waals surface area contributed by atoms with Crippen LogP contribution in [-0.2, 0) is 0 Å². The fraction of sp³-hybridized carbons (Fsp3) is 0.136. The Morgan fingerprint density at radius 2 is 1.97 bits per heavy atom. The first kappa shape index (κ1) is 21.7. The summed E-state index contributed by atoms with van der Waals surface area (Å²) < 4.78 is 12.0. The number of carboxylic acids is 1. The van der Waals surface area contributed by atoms with Gasteiger partial charge in [0.2, 0.25) is 0 Å². The summed E-state index contributed by atoms with van der Waals surface area (Å²) in [6.45, 7) is 1.85. The summed E-state index contributed by atoms with van der Waals surface area (Å²) in [7, 11) is 1.57. The number of halogens is 1. The molecular weight excluding hydrogens is 456 g/mol. The molecule has 4 rings (SSSR count). The van der Waals surface area contributed by atoms with Crippen molar-refractivity contribution in [1.82, 2.24) is 9.55 Å². The molecule has 0 amide bonds. The monoisotopic (exact) mass is 472 g/mol. The Morgan fingerprint density at radius 1 is 1.19 bits per heavy atom. The molecular formula is C22H17ClN2O6S. The lowest BCUT2D eigenvalue weighted by Gasteiger charge is -2.17. The first-order chi connectivity index (χ1) is 15.3. The third-order valence-corrected chi connectivity index (χ3v) is 6.17. The number of nitrogens with one attached hydrogen (secondary N) is 1. The third kappa shape index (κ3) is 3.88. The second-order valence-corrected chi connectivity index (χ2v) is 8.17. The minimum absolute atomic E-state index is 0.0812. The summed E-state index contributed by atoms with van der Waals surface area (Å²) >= 11 is 7.16. The van der Waals surface area contributed by atoms with Gasteiger partial charge in [-0.2, -0.15) is 0 Å². The van der Waals surface area contributed by atoms with E-state index in [-0.39, 0.29) is 32.6 Å². The Labute approximate surface area is 190 Å². The number of H-pyrrole nitrogens is 1. The van der Waals surface area contributed by atoms with Gasteiger partial charge in [-0.3, -0.25) is 4.79 Å². The van der Waals surface area contributed by atoms with E-state index in [1.807, 2.05) is 31.2 Å². The van der Waals surface area contributed by atoms with Crippen molar-refractivity contribution in [3.05, 3.63) is 84.1 Å². The van der Waals surface area contributed by atoms with Crippen LogP contribution in [0, 0.1) is 0 Å². The number of fused-ring (bicyclic) bond motifs is 1. The fourth-order valence-corrected chi connectivity index (χ4v) is 4.35. The van der Waals surface area contributed by atoms with Gasteiger partial charge in [0.25, 0.3) is 5.56 Å². The average molecular weight is 473 g/mol. The average Bonchev–Trinajstić information content (AvgIpc) is 3.20. The molecule has 1 atom stereocenters. The van der Waals surface area contributed by atoms with Gasteiger partial charge in [-0.1, -0.05) is 23.7 Å². The van der Waals surface area contributed by atoms with E-state index in [0.29, 0.717) is 11.5 Å². The molecule has 0 aliphatic rings. The van der Waals surface area contributed by atoms with Gasteiger partial charge in [-0.25, -0.2) is 14.2 Å². The Balaban J connectivity index is 1.79. The number of ether oxygens (including phenoxy) is 2. The largest absolute Gasteiger partial charge is 0.497 e. The van der Waals surface area contributed by atoms with Crippen LogP contribution in [0.25, 0.3) is 16.6 Å². The van der Waals surface area contributed by atoms with Crippen molar-refractivity contribution in [3.63, 3.8) is 0 Å². The smallest absolute Gasteiger partial charge is 0.346 e. The maximum atomic E-state index is 13.1. The minimum Gasteiger partial charge on any atom is -0.497 e. The lowest BCUT2D eigenvalue weighted by atomic mass is 10.1. The van der Waals surface area contributed by atoms with E-state index in [9.17, 15) is 19.5 Å². The molecule has 32 heavy (non-hydrogen) atoms. The summed E-state index contributed by atoms with van der Waals surface area (Å²) in [5.74, 6) is -0.197. The second kappa shape index (κ2) is 8.52. The van der Waals surface area contributed by atoms with Crippen molar-refractivity contribution in [2.75, 3.05) is 7.11 Å². The van der Waals surface area contributed by atoms with E-state index in [0.717, 1.165) is 21.5 Å². The Kier molecular flexibility index (Phi) is 5.77. The zero-order valence-corrected chi connectivity index (χ0v) is 18.5. The molecule has 2 N–H and O–H groups in total. The maximum absolute atomic E-state index is 13.1. The normalized spacial score (nSPS) is 12.0. The number of carbonyl (C=O) groups is 1. The van der Waals surface area contributed by atoms with Crippen molar-refractivity contribution in [2.45, 2.75) is 13.0 Å². The molecule has 2 heterocycles. The minimum atomic E-state index is -1.25. The highest BCUT2D eigenvalue weighted by Crippen LogP contribution is 2.29. The number of rotatable bonds is 6. The molecule has 0 fully saturated rings. The summed E-state index contributed by atoms with van der Waals surface area (Å²) in [6.07, 6.45) is -0.368. The number of nitrogens with zero attached hydrogens (tertiary/aromatic N) is 1.